The molecule has 6 rings (SSSR count). The molecule has 2 aromatic carbocycles. The number of aromatic amines is 1. The van der Waals surface area contributed by atoms with Gasteiger partial charge in [-0.25, -0.2) is 9.97 Å². The molecule has 2 saturated heterocycles. The average molecular weight is 582 g/mol. The molecule has 1 N–H and O–H groups in total. The highest BCUT2D eigenvalue weighted by atomic mass is 79.9. The van der Waals surface area contributed by atoms with Crippen molar-refractivity contribution in [3.8, 4) is 11.4 Å². The Morgan fingerprint density at radius 2 is 1.46 bits per heavy atom. The van der Waals surface area contributed by atoms with Crippen LogP contribution in [0.15, 0.2) is 59.2 Å². The summed E-state index contributed by atoms with van der Waals surface area (Å²) in [6, 6.07) is 16.8. The van der Waals surface area contributed by atoms with Crippen molar-refractivity contribution < 1.29 is 4.74 Å². The van der Waals surface area contributed by atoms with Crippen molar-refractivity contribution in [2.75, 3.05) is 57.4 Å². The summed E-state index contributed by atoms with van der Waals surface area (Å²) in [4.78, 5) is 20.4. The number of hydrogen-bond acceptors (Lipinski definition) is 6. The number of fused-ring (bicyclic) bond motifs is 1. The normalized spacial score (nSPS) is 17.5. The summed E-state index contributed by atoms with van der Waals surface area (Å²) in [5, 5.41) is 0.781. The first-order valence-corrected chi connectivity index (χ1v) is 13.9. The molecular formula is C28H30BrClN6O. The number of pyridine rings is 1. The van der Waals surface area contributed by atoms with E-state index in [9.17, 15) is 0 Å². The second-order valence-electron chi connectivity index (χ2n) is 9.71. The molecule has 0 radical (unpaired) electrons. The van der Waals surface area contributed by atoms with E-state index in [-0.39, 0.29) is 0 Å². The van der Waals surface area contributed by atoms with Crippen LogP contribution >= 0.6 is 27.5 Å². The van der Waals surface area contributed by atoms with E-state index >= 15 is 0 Å². The Morgan fingerprint density at radius 3 is 2.14 bits per heavy atom. The van der Waals surface area contributed by atoms with Crippen molar-refractivity contribution in [3.63, 3.8) is 0 Å². The smallest absolute Gasteiger partial charge is 0.180 e. The standard InChI is InChI=1S/C28H30BrClN6O/c29-24-17-31-28-25(26(24)36-11-9-34(10-12-36)18-21-3-7-23(30)8-4-21)32-27(33-28)22-5-1-20(2-6-22)19-35-13-15-37-16-14-35/h1-8,17H,9-16,18-19H2,(H,31,32,33). The molecular weight excluding hydrogens is 552 g/mol. The predicted molar refractivity (Wildman–Crippen MR) is 152 cm³/mol. The predicted octanol–water partition coefficient (Wildman–Crippen LogP) is 5.20. The number of imidazole rings is 1. The minimum absolute atomic E-state index is 0.745. The Bertz CT molecular complexity index is 1350. The maximum absolute atomic E-state index is 6.04. The number of nitrogens with zero attached hydrogens (tertiary/aromatic N) is 5. The molecule has 0 aliphatic carbocycles. The molecule has 2 aromatic heterocycles. The summed E-state index contributed by atoms with van der Waals surface area (Å²) in [5.41, 5.74) is 6.53. The molecule has 192 valence electrons. The van der Waals surface area contributed by atoms with Crippen molar-refractivity contribution in [3.05, 3.63) is 75.4 Å². The Morgan fingerprint density at radius 1 is 0.838 bits per heavy atom. The van der Waals surface area contributed by atoms with Gasteiger partial charge in [0.05, 0.1) is 23.4 Å². The molecule has 2 aliphatic heterocycles. The molecule has 4 heterocycles. The third-order valence-electron chi connectivity index (χ3n) is 7.19. The van der Waals surface area contributed by atoms with E-state index in [1.54, 1.807) is 0 Å². The van der Waals surface area contributed by atoms with Crippen LogP contribution in [0.3, 0.4) is 0 Å². The monoisotopic (exact) mass is 580 g/mol. The van der Waals surface area contributed by atoms with Crippen LogP contribution in [0.2, 0.25) is 5.02 Å². The summed E-state index contributed by atoms with van der Waals surface area (Å²) in [7, 11) is 0. The molecule has 0 unspecified atom stereocenters. The van der Waals surface area contributed by atoms with Crippen LogP contribution < -0.4 is 4.90 Å². The topological polar surface area (TPSA) is 60.5 Å². The zero-order chi connectivity index (χ0) is 25.2. The number of H-pyrrole nitrogens is 1. The summed E-state index contributed by atoms with van der Waals surface area (Å²) >= 11 is 9.80. The third kappa shape index (κ3) is 5.68. The van der Waals surface area contributed by atoms with Gasteiger partial charge in [-0.05, 0) is 39.2 Å². The molecule has 0 amide bonds. The summed E-state index contributed by atoms with van der Waals surface area (Å²) in [6.07, 6.45) is 1.87. The molecule has 0 atom stereocenters. The number of aromatic nitrogens is 3. The van der Waals surface area contributed by atoms with Crippen LogP contribution in [0.4, 0.5) is 5.69 Å². The highest BCUT2D eigenvalue weighted by molar-refractivity contribution is 9.10. The van der Waals surface area contributed by atoms with Gasteiger partial charge in [-0.3, -0.25) is 9.80 Å². The fraction of sp³-hybridized carbons (Fsp3) is 0.357. The Hall–Kier alpha value is -2.49. The van der Waals surface area contributed by atoms with Crippen molar-refractivity contribution in [1.29, 1.82) is 0 Å². The van der Waals surface area contributed by atoms with Gasteiger partial charge in [0.25, 0.3) is 0 Å². The zero-order valence-electron chi connectivity index (χ0n) is 20.7. The summed E-state index contributed by atoms with van der Waals surface area (Å²) < 4.78 is 6.45. The molecule has 9 heteroatoms. The van der Waals surface area contributed by atoms with E-state index in [0.717, 1.165) is 103 Å². The summed E-state index contributed by atoms with van der Waals surface area (Å²) in [6.45, 7) is 9.37. The average Bonchev–Trinajstić information content (AvgIpc) is 3.36. The minimum atomic E-state index is 0.745. The lowest BCUT2D eigenvalue weighted by molar-refractivity contribution is 0.0342. The van der Waals surface area contributed by atoms with Crippen LogP contribution in [-0.4, -0.2) is 77.2 Å². The van der Waals surface area contributed by atoms with Crippen LogP contribution in [0.5, 0.6) is 0 Å². The number of ether oxygens (including phenoxy) is 1. The van der Waals surface area contributed by atoms with E-state index in [1.807, 2.05) is 18.3 Å². The lowest BCUT2D eigenvalue weighted by Crippen LogP contribution is -2.46. The Kier molecular flexibility index (Phi) is 7.44. The van der Waals surface area contributed by atoms with E-state index in [2.05, 4.69) is 77.0 Å². The molecule has 7 nitrogen and oxygen atoms in total. The van der Waals surface area contributed by atoms with Gasteiger partial charge in [0.2, 0.25) is 0 Å². The second-order valence-corrected chi connectivity index (χ2v) is 11.0. The van der Waals surface area contributed by atoms with E-state index in [0.29, 0.717) is 0 Å². The number of benzene rings is 2. The molecule has 0 bridgehead atoms. The van der Waals surface area contributed by atoms with Gasteiger partial charge in [0, 0.05) is 69.1 Å². The number of hydrogen-bond donors (Lipinski definition) is 1. The van der Waals surface area contributed by atoms with Crippen LogP contribution in [0, 0.1) is 0 Å². The molecule has 0 saturated carbocycles. The van der Waals surface area contributed by atoms with Gasteiger partial charge < -0.3 is 14.6 Å². The van der Waals surface area contributed by atoms with Gasteiger partial charge in [-0.1, -0.05) is 48.0 Å². The van der Waals surface area contributed by atoms with Crippen LogP contribution in [0.25, 0.3) is 22.6 Å². The first-order valence-electron chi connectivity index (χ1n) is 12.8. The van der Waals surface area contributed by atoms with E-state index in [4.69, 9.17) is 21.3 Å². The number of rotatable bonds is 6. The van der Waals surface area contributed by atoms with Gasteiger partial charge in [0.1, 0.15) is 11.3 Å². The van der Waals surface area contributed by atoms with E-state index in [1.165, 1.54) is 11.1 Å². The van der Waals surface area contributed by atoms with Crippen LogP contribution in [-0.2, 0) is 17.8 Å². The molecule has 2 aliphatic rings. The number of halogens is 2. The molecule has 2 fully saturated rings. The number of piperazine rings is 1. The number of morpholine rings is 1. The van der Waals surface area contributed by atoms with Crippen LogP contribution in [0.1, 0.15) is 11.1 Å². The SMILES string of the molecule is Clc1ccc(CN2CCN(c3c(Br)cnc4nc(-c5ccc(CN6CCOCC6)cc5)[nH]c34)CC2)cc1. The molecule has 0 spiro atoms. The maximum Gasteiger partial charge on any atom is 0.180 e. The lowest BCUT2D eigenvalue weighted by atomic mass is 10.1. The van der Waals surface area contributed by atoms with E-state index < -0.39 is 0 Å². The van der Waals surface area contributed by atoms with Crippen molar-refractivity contribution in [2.24, 2.45) is 0 Å². The quantitative estimate of drug-likeness (QED) is 0.338. The van der Waals surface area contributed by atoms with Gasteiger partial charge >= 0.3 is 0 Å². The second kappa shape index (κ2) is 11.1. The fourth-order valence-corrected chi connectivity index (χ4v) is 5.81. The summed E-state index contributed by atoms with van der Waals surface area (Å²) in [5.74, 6) is 0.848. The highest BCUT2D eigenvalue weighted by Crippen LogP contribution is 2.34. The van der Waals surface area contributed by atoms with Crippen molar-refractivity contribution in [1.82, 2.24) is 24.8 Å². The molecule has 37 heavy (non-hydrogen) atoms. The Labute approximate surface area is 230 Å². The molecule has 4 aromatic rings. The Balaban J connectivity index is 1.16. The number of anilines is 1. The highest BCUT2D eigenvalue weighted by Gasteiger charge is 2.23. The van der Waals surface area contributed by atoms with Gasteiger partial charge in [-0.15, -0.1) is 0 Å². The lowest BCUT2D eigenvalue weighted by Gasteiger charge is -2.36. The number of nitrogens with one attached hydrogen (secondary N) is 1. The van der Waals surface area contributed by atoms with Gasteiger partial charge in [-0.2, -0.15) is 0 Å². The third-order valence-corrected chi connectivity index (χ3v) is 8.03. The maximum atomic E-state index is 6.04. The fourth-order valence-electron chi connectivity index (χ4n) is 5.13. The van der Waals surface area contributed by atoms with Crippen molar-refractivity contribution in [2.45, 2.75) is 13.1 Å². The first kappa shape index (κ1) is 24.8. The minimum Gasteiger partial charge on any atom is -0.379 e. The zero-order valence-corrected chi connectivity index (χ0v) is 23.0. The van der Waals surface area contributed by atoms with Gasteiger partial charge in [0.15, 0.2) is 5.65 Å². The largest absolute Gasteiger partial charge is 0.379 e. The van der Waals surface area contributed by atoms with Crippen molar-refractivity contribution >= 4 is 44.4 Å². The first-order chi connectivity index (χ1) is 18.1.